The first-order valence-electron chi connectivity index (χ1n) is 12.4. The van der Waals surface area contributed by atoms with Gasteiger partial charge in [-0.25, -0.2) is 4.79 Å². The number of carbonyl (C=O) groups is 1. The number of aromatic nitrogens is 4. The summed E-state index contributed by atoms with van der Waals surface area (Å²) in [5, 5.41) is 11.4. The van der Waals surface area contributed by atoms with Crippen LogP contribution in [0.25, 0.3) is 0 Å². The van der Waals surface area contributed by atoms with Gasteiger partial charge >= 0.3 is 5.69 Å². The average molecular weight is 614 g/mol. The van der Waals surface area contributed by atoms with E-state index in [-0.39, 0.29) is 24.8 Å². The van der Waals surface area contributed by atoms with Gasteiger partial charge in [-0.05, 0) is 55.8 Å². The molecule has 0 saturated heterocycles. The number of hydrogen-bond acceptors (Lipinski definition) is 10. The van der Waals surface area contributed by atoms with Crippen LogP contribution in [0, 0.1) is 5.41 Å². The van der Waals surface area contributed by atoms with Crippen molar-refractivity contribution in [2.75, 3.05) is 12.4 Å². The monoisotopic (exact) mass is 613 g/mol. The molecule has 13 nitrogen and oxygen atoms in total. The van der Waals surface area contributed by atoms with Gasteiger partial charge in [-0.3, -0.25) is 27.7 Å². The van der Waals surface area contributed by atoms with Gasteiger partial charge in [0.15, 0.2) is 0 Å². The molecule has 1 amide bonds. The minimum Gasteiger partial charge on any atom is -0.755 e. The predicted molar refractivity (Wildman–Crippen MR) is 155 cm³/mol. The van der Waals surface area contributed by atoms with Crippen molar-refractivity contribution in [1.82, 2.24) is 24.1 Å². The number of nitrogens with zero attached hydrogens (tertiary/aromatic N) is 4. The van der Waals surface area contributed by atoms with Gasteiger partial charge in [0.2, 0.25) is 17.7 Å². The molecule has 0 spiro atoms. The highest BCUT2D eigenvalue weighted by Crippen LogP contribution is 2.24. The van der Waals surface area contributed by atoms with E-state index in [1.807, 2.05) is 0 Å². The quantitative estimate of drug-likeness (QED) is 0.240. The van der Waals surface area contributed by atoms with Crippen LogP contribution in [0.5, 0.6) is 17.5 Å². The molecule has 0 fully saturated rings. The lowest BCUT2D eigenvalue weighted by Gasteiger charge is -2.25. The van der Waals surface area contributed by atoms with Gasteiger partial charge < -0.3 is 19.3 Å². The average Bonchev–Trinajstić information content (AvgIpc) is 2.95. The molecule has 0 bridgehead atoms. The summed E-state index contributed by atoms with van der Waals surface area (Å²) in [6.45, 7) is 2.55. The lowest BCUT2D eigenvalue weighted by Crippen LogP contribution is -2.47. The predicted octanol–water partition coefficient (Wildman–Crippen LogP) is 2.98. The molecule has 2 heterocycles. The molecule has 0 aliphatic heterocycles. The molecule has 4 rings (SSSR count). The fourth-order valence-corrected chi connectivity index (χ4v) is 4.37. The lowest BCUT2D eigenvalue weighted by atomic mass is 9.92. The molecule has 0 radical (unpaired) electrons. The Morgan fingerprint density at radius 1 is 1.00 bits per heavy atom. The van der Waals surface area contributed by atoms with Crippen molar-refractivity contribution in [3.63, 3.8) is 0 Å². The summed E-state index contributed by atoms with van der Waals surface area (Å²) in [5.74, 6) is 0.396. The molecular weight excluding hydrogens is 588 g/mol. The summed E-state index contributed by atoms with van der Waals surface area (Å²) in [6.07, 6.45) is 0. The van der Waals surface area contributed by atoms with Crippen molar-refractivity contribution in [3.8, 4) is 17.5 Å². The number of benzene rings is 2. The summed E-state index contributed by atoms with van der Waals surface area (Å²) in [6, 6.07) is 18.0. The maximum absolute atomic E-state index is 13.7. The van der Waals surface area contributed by atoms with Crippen LogP contribution in [0.1, 0.15) is 19.4 Å². The fourth-order valence-electron chi connectivity index (χ4n) is 3.82. The first-order chi connectivity index (χ1) is 19.9. The zero-order chi connectivity index (χ0) is 30.4. The van der Waals surface area contributed by atoms with E-state index in [9.17, 15) is 23.1 Å². The number of hydrogen-bond donors (Lipinski definition) is 2. The third-order valence-electron chi connectivity index (χ3n) is 6.05. The van der Waals surface area contributed by atoms with E-state index < -0.39 is 33.8 Å². The van der Waals surface area contributed by atoms with E-state index >= 15 is 0 Å². The molecule has 42 heavy (non-hydrogen) atoms. The van der Waals surface area contributed by atoms with Gasteiger partial charge in [-0.2, -0.15) is 0 Å². The molecule has 1 unspecified atom stereocenters. The maximum atomic E-state index is 13.7. The van der Waals surface area contributed by atoms with Crippen molar-refractivity contribution in [2.45, 2.75) is 26.9 Å². The highest BCUT2D eigenvalue weighted by Gasteiger charge is 2.30. The minimum absolute atomic E-state index is 0.0626. The van der Waals surface area contributed by atoms with Crippen LogP contribution >= 0.6 is 11.6 Å². The molecular formula is C27H26ClN6O7S-. The van der Waals surface area contributed by atoms with Crippen LogP contribution in [0.4, 0.5) is 11.5 Å². The van der Waals surface area contributed by atoms with E-state index in [2.05, 4.69) is 15.5 Å². The smallest absolute Gasteiger partial charge is 0.332 e. The normalized spacial score (nSPS) is 11.9. The molecule has 2 aromatic carbocycles. The Hall–Kier alpha value is -4.53. The first-order valence-corrected chi connectivity index (χ1v) is 13.8. The molecule has 4 aromatic rings. The number of nitrogens with one attached hydrogen (secondary N) is 2. The largest absolute Gasteiger partial charge is 0.755 e. The van der Waals surface area contributed by atoms with Gasteiger partial charge in [-0.15, -0.1) is 10.2 Å². The van der Waals surface area contributed by atoms with Crippen LogP contribution in [-0.4, -0.2) is 41.1 Å². The molecule has 0 aliphatic carbocycles. The van der Waals surface area contributed by atoms with Crippen molar-refractivity contribution >= 4 is 40.3 Å². The van der Waals surface area contributed by atoms with Crippen LogP contribution in [0.3, 0.4) is 0 Å². The molecule has 2 N–H and O–H groups in total. The highest BCUT2D eigenvalue weighted by atomic mass is 35.5. The van der Waals surface area contributed by atoms with Gasteiger partial charge in [0.05, 0.1) is 19.1 Å². The Balaban J connectivity index is 1.65. The van der Waals surface area contributed by atoms with Gasteiger partial charge in [0, 0.05) is 46.7 Å². The van der Waals surface area contributed by atoms with E-state index in [1.54, 1.807) is 65.4 Å². The maximum Gasteiger partial charge on any atom is 0.332 e. The zero-order valence-corrected chi connectivity index (χ0v) is 24.3. The SMILES string of the molecule is COc1ccc(Oc2ccc(Nc3cc(=O)n(CC(C)(C)C(=O)NS(=O)[O-])c(=O)n3Cc3ccc(Cl)cc3)cc2)nn1. The van der Waals surface area contributed by atoms with Gasteiger partial charge in [0.25, 0.3) is 5.56 Å². The van der Waals surface area contributed by atoms with Crippen LogP contribution < -0.4 is 30.8 Å². The second-order valence-corrected chi connectivity index (χ2v) is 10.8. The zero-order valence-electron chi connectivity index (χ0n) is 22.7. The number of carbonyl (C=O) groups excluding carboxylic acids is 1. The third kappa shape index (κ3) is 7.60. The molecule has 2 aromatic heterocycles. The number of rotatable bonds is 11. The van der Waals surface area contributed by atoms with Crippen molar-refractivity contribution in [3.05, 3.63) is 98.2 Å². The summed E-state index contributed by atoms with van der Waals surface area (Å²) in [5.41, 5.74) is -1.53. The molecule has 15 heteroatoms. The van der Waals surface area contributed by atoms with Crippen LogP contribution in [-0.2, 0) is 29.2 Å². The number of methoxy groups -OCH3 is 1. The van der Waals surface area contributed by atoms with Gasteiger partial charge in [0.1, 0.15) is 11.6 Å². The summed E-state index contributed by atoms with van der Waals surface area (Å²) in [7, 11) is 1.48. The van der Waals surface area contributed by atoms with E-state index in [1.165, 1.54) is 31.6 Å². The standard InChI is InChI=1S/C27H27ClN6O7S/c1-27(2,25(36)32-42(38)39)16-34-24(35)14-21(33(26(34)37)15-17-4-6-18(28)7-5-17)29-19-8-10-20(11-9-19)41-23-13-12-22(40-3)30-31-23/h4-14,29H,15-16H2,1-3H3,(H,32,36)(H,38,39)/p-1. The van der Waals surface area contributed by atoms with Crippen molar-refractivity contribution in [2.24, 2.45) is 5.41 Å². The van der Waals surface area contributed by atoms with Crippen molar-refractivity contribution in [1.29, 1.82) is 0 Å². The van der Waals surface area contributed by atoms with Gasteiger partial charge in [-0.1, -0.05) is 23.7 Å². The Kier molecular flexibility index (Phi) is 9.40. The topological polar surface area (TPSA) is 170 Å². The number of ether oxygens (including phenoxy) is 2. The number of anilines is 2. The molecule has 0 saturated carbocycles. The molecule has 1 atom stereocenters. The summed E-state index contributed by atoms with van der Waals surface area (Å²) >= 11 is 3.17. The Morgan fingerprint density at radius 3 is 2.24 bits per heavy atom. The van der Waals surface area contributed by atoms with Crippen molar-refractivity contribution < 1.29 is 23.0 Å². The van der Waals surface area contributed by atoms with E-state index in [4.69, 9.17) is 21.1 Å². The number of halogens is 1. The minimum atomic E-state index is -2.85. The summed E-state index contributed by atoms with van der Waals surface area (Å²) in [4.78, 5) is 39.2. The Morgan fingerprint density at radius 2 is 1.64 bits per heavy atom. The van der Waals surface area contributed by atoms with E-state index in [0.717, 1.165) is 10.1 Å². The third-order valence-corrected chi connectivity index (χ3v) is 6.65. The Labute approximate surface area is 247 Å². The molecule has 0 aliphatic rings. The fraction of sp³-hybridized carbons (Fsp3) is 0.222. The highest BCUT2D eigenvalue weighted by molar-refractivity contribution is 7.77. The van der Waals surface area contributed by atoms with Crippen LogP contribution in [0.2, 0.25) is 5.02 Å². The first kappa shape index (κ1) is 30.4. The number of amides is 1. The van der Waals surface area contributed by atoms with Crippen LogP contribution in [0.15, 0.2) is 76.3 Å². The Bertz CT molecular complexity index is 1710. The lowest BCUT2D eigenvalue weighted by molar-refractivity contribution is -0.128. The second-order valence-electron chi connectivity index (χ2n) is 9.66. The molecule has 220 valence electrons. The second kappa shape index (κ2) is 13.0. The summed E-state index contributed by atoms with van der Waals surface area (Å²) < 4.78 is 36.6. The van der Waals surface area contributed by atoms with E-state index in [0.29, 0.717) is 22.3 Å².